The van der Waals surface area contributed by atoms with Gasteiger partial charge in [0.25, 0.3) is 0 Å². The van der Waals surface area contributed by atoms with E-state index >= 15 is 0 Å². The van der Waals surface area contributed by atoms with Crippen LogP contribution in [0.2, 0.25) is 0 Å². The molecule has 24 heavy (non-hydrogen) atoms. The van der Waals surface area contributed by atoms with E-state index in [1.165, 1.54) is 11.3 Å². The summed E-state index contributed by atoms with van der Waals surface area (Å²) in [6.45, 7) is 4.31. The van der Waals surface area contributed by atoms with Gasteiger partial charge in [-0.15, -0.1) is 11.3 Å². The van der Waals surface area contributed by atoms with Gasteiger partial charge in [-0.3, -0.25) is 0 Å². The zero-order valence-electron chi connectivity index (χ0n) is 13.6. The number of thiophene rings is 1. The van der Waals surface area contributed by atoms with E-state index in [0.717, 1.165) is 32.0 Å². The van der Waals surface area contributed by atoms with Crippen molar-refractivity contribution in [2.75, 3.05) is 6.54 Å². The van der Waals surface area contributed by atoms with Crippen molar-refractivity contribution in [2.45, 2.75) is 26.5 Å². The third-order valence-electron chi connectivity index (χ3n) is 3.81. The molecule has 5 nitrogen and oxygen atoms in total. The van der Waals surface area contributed by atoms with Crippen LogP contribution in [0.4, 0.5) is 4.79 Å². The minimum absolute atomic E-state index is 0.169. The zero-order valence-corrected chi connectivity index (χ0v) is 14.4. The lowest BCUT2D eigenvalue weighted by atomic mass is 10.2. The number of fused-ring (bicyclic) bond motifs is 1. The molecule has 1 aromatic carbocycles. The van der Waals surface area contributed by atoms with Crippen LogP contribution in [-0.4, -0.2) is 17.7 Å². The first-order chi connectivity index (χ1) is 11.5. The Morgan fingerprint density at radius 1 is 1.25 bits per heavy atom. The van der Waals surface area contributed by atoms with Crippen LogP contribution < -0.4 is 10.6 Å². The van der Waals surface area contributed by atoms with Crippen molar-refractivity contribution in [3.8, 4) is 0 Å². The topological polar surface area (TPSA) is 74.5 Å². The summed E-state index contributed by atoms with van der Waals surface area (Å²) in [4.78, 5) is 12.7. The number of furan rings is 1. The quantitative estimate of drug-likeness (QED) is 0.661. The predicted molar refractivity (Wildman–Crippen MR) is 95.2 cm³/mol. The molecule has 0 aliphatic rings. The van der Waals surface area contributed by atoms with Crippen LogP contribution in [0.1, 0.15) is 28.1 Å². The minimum Gasteiger partial charge on any atom is -0.466 e. The molecule has 1 atom stereocenters. The van der Waals surface area contributed by atoms with Crippen molar-refractivity contribution >= 4 is 27.5 Å². The van der Waals surface area contributed by atoms with Crippen LogP contribution >= 0.6 is 11.3 Å². The van der Waals surface area contributed by atoms with Gasteiger partial charge in [0, 0.05) is 21.7 Å². The smallest absolute Gasteiger partial charge is 0.315 e. The van der Waals surface area contributed by atoms with Crippen LogP contribution in [-0.2, 0) is 6.54 Å². The Kier molecular flexibility index (Phi) is 4.87. The molecule has 0 radical (unpaired) electrons. The van der Waals surface area contributed by atoms with E-state index < -0.39 is 6.10 Å². The van der Waals surface area contributed by atoms with E-state index in [1.54, 1.807) is 0 Å². The number of benzene rings is 1. The highest BCUT2D eigenvalue weighted by atomic mass is 32.1. The molecule has 3 aromatic rings. The molecule has 2 heterocycles. The SMILES string of the molecule is Cc1cc(CNC(=O)NCC(O)c2cc3ccccc3s2)c(C)o1. The minimum atomic E-state index is -0.717. The van der Waals surface area contributed by atoms with Gasteiger partial charge in [0.2, 0.25) is 0 Å². The number of urea groups is 1. The Labute approximate surface area is 144 Å². The first kappa shape index (κ1) is 16.5. The van der Waals surface area contributed by atoms with E-state index in [2.05, 4.69) is 10.6 Å². The zero-order chi connectivity index (χ0) is 17.1. The normalized spacial score (nSPS) is 12.3. The molecule has 126 valence electrons. The summed E-state index contributed by atoms with van der Waals surface area (Å²) in [5.41, 5.74) is 0.952. The Balaban J connectivity index is 1.51. The lowest BCUT2D eigenvalue weighted by molar-refractivity contribution is 0.176. The fourth-order valence-electron chi connectivity index (χ4n) is 2.55. The Morgan fingerprint density at radius 3 is 2.75 bits per heavy atom. The number of aliphatic hydroxyl groups excluding tert-OH is 1. The summed E-state index contributed by atoms with van der Waals surface area (Å²) in [6, 6.07) is 11.5. The molecule has 0 spiro atoms. The molecule has 0 aliphatic heterocycles. The summed E-state index contributed by atoms with van der Waals surface area (Å²) in [5.74, 6) is 1.63. The van der Waals surface area contributed by atoms with Crippen molar-refractivity contribution in [1.29, 1.82) is 0 Å². The van der Waals surface area contributed by atoms with E-state index in [4.69, 9.17) is 4.42 Å². The van der Waals surface area contributed by atoms with E-state index in [9.17, 15) is 9.90 Å². The van der Waals surface area contributed by atoms with Crippen LogP contribution in [0, 0.1) is 13.8 Å². The number of nitrogens with one attached hydrogen (secondary N) is 2. The van der Waals surface area contributed by atoms with Gasteiger partial charge in [0.05, 0.1) is 6.54 Å². The van der Waals surface area contributed by atoms with Gasteiger partial charge >= 0.3 is 6.03 Å². The molecule has 0 bridgehead atoms. The maximum atomic E-state index is 11.9. The fraction of sp³-hybridized carbons (Fsp3) is 0.278. The highest BCUT2D eigenvalue weighted by Crippen LogP contribution is 2.29. The number of hydrogen-bond acceptors (Lipinski definition) is 4. The lowest BCUT2D eigenvalue weighted by Crippen LogP contribution is -2.37. The van der Waals surface area contributed by atoms with Crippen LogP contribution in [0.25, 0.3) is 10.1 Å². The lowest BCUT2D eigenvalue weighted by Gasteiger charge is -2.11. The first-order valence-corrected chi connectivity index (χ1v) is 8.58. The van der Waals surface area contributed by atoms with Crippen molar-refractivity contribution in [1.82, 2.24) is 10.6 Å². The third kappa shape index (κ3) is 3.77. The van der Waals surface area contributed by atoms with Crippen molar-refractivity contribution in [3.05, 3.63) is 58.4 Å². The predicted octanol–water partition coefficient (Wildman–Crippen LogP) is 3.64. The maximum Gasteiger partial charge on any atom is 0.315 e. The summed E-state index contributed by atoms with van der Waals surface area (Å²) in [5, 5.41) is 16.8. The van der Waals surface area contributed by atoms with Gasteiger partial charge in [-0.25, -0.2) is 4.79 Å². The number of amides is 2. The van der Waals surface area contributed by atoms with Gasteiger partial charge < -0.3 is 20.2 Å². The number of aliphatic hydroxyl groups is 1. The highest BCUT2D eigenvalue weighted by Gasteiger charge is 2.13. The molecule has 0 saturated carbocycles. The molecule has 0 saturated heterocycles. The van der Waals surface area contributed by atoms with E-state index in [0.29, 0.717) is 6.54 Å². The molecular formula is C18H20N2O3S. The monoisotopic (exact) mass is 344 g/mol. The van der Waals surface area contributed by atoms with Gasteiger partial charge in [0.15, 0.2) is 0 Å². The van der Waals surface area contributed by atoms with Gasteiger partial charge in [0.1, 0.15) is 17.6 Å². The second-order valence-electron chi connectivity index (χ2n) is 5.70. The van der Waals surface area contributed by atoms with Crippen LogP contribution in [0.5, 0.6) is 0 Å². The van der Waals surface area contributed by atoms with Gasteiger partial charge in [-0.05, 0) is 37.4 Å². The van der Waals surface area contributed by atoms with Crippen molar-refractivity contribution < 1.29 is 14.3 Å². The summed E-state index contributed by atoms with van der Waals surface area (Å²) >= 11 is 1.54. The van der Waals surface area contributed by atoms with E-state index in [-0.39, 0.29) is 12.6 Å². The third-order valence-corrected chi connectivity index (χ3v) is 5.03. The Bertz CT molecular complexity index is 820. The second kappa shape index (κ2) is 7.07. The number of hydrogen-bond donors (Lipinski definition) is 3. The summed E-state index contributed by atoms with van der Waals surface area (Å²) in [7, 11) is 0. The fourth-order valence-corrected chi connectivity index (χ4v) is 3.60. The standard InChI is InChI=1S/C18H20N2O3S/c1-11-7-14(12(2)23-11)9-19-18(22)20-10-15(21)17-8-13-5-3-4-6-16(13)24-17/h3-8,15,21H,9-10H2,1-2H3,(H2,19,20,22). The number of carbonyl (C=O) groups excluding carboxylic acids is 1. The van der Waals surface area contributed by atoms with Gasteiger partial charge in [-0.2, -0.15) is 0 Å². The average Bonchev–Trinajstić information content (AvgIpc) is 3.13. The molecule has 3 N–H and O–H groups in total. The van der Waals surface area contributed by atoms with E-state index in [1.807, 2.05) is 50.2 Å². The average molecular weight is 344 g/mol. The van der Waals surface area contributed by atoms with Gasteiger partial charge in [-0.1, -0.05) is 18.2 Å². The highest BCUT2D eigenvalue weighted by molar-refractivity contribution is 7.19. The maximum absolute atomic E-state index is 11.9. The molecule has 1 unspecified atom stereocenters. The Hall–Kier alpha value is -2.31. The molecule has 0 aliphatic carbocycles. The largest absolute Gasteiger partial charge is 0.466 e. The van der Waals surface area contributed by atoms with Crippen LogP contribution in [0.15, 0.2) is 40.8 Å². The van der Waals surface area contributed by atoms with Crippen molar-refractivity contribution in [2.24, 2.45) is 0 Å². The second-order valence-corrected chi connectivity index (χ2v) is 6.82. The molecule has 3 rings (SSSR count). The molecule has 6 heteroatoms. The number of rotatable bonds is 5. The molecular weight excluding hydrogens is 324 g/mol. The summed E-state index contributed by atoms with van der Waals surface area (Å²) < 4.78 is 6.55. The summed E-state index contributed by atoms with van der Waals surface area (Å²) in [6.07, 6.45) is -0.717. The van der Waals surface area contributed by atoms with Crippen molar-refractivity contribution in [3.63, 3.8) is 0 Å². The molecule has 2 aromatic heterocycles. The number of carbonyl (C=O) groups is 1. The molecule has 0 fully saturated rings. The molecule has 2 amide bonds. The number of aryl methyl sites for hydroxylation is 2. The van der Waals surface area contributed by atoms with Crippen LogP contribution in [0.3, 0.4) is 0 Å². The first-order valence-electron chi connectivity index (χ1n) is 7.77. The Morgan fingerprint density at radius 2 is 2.04 bits per heavy atom.